The maximum atomic E-state index is 13.0. The van der Waals surface area contributed by atoms with Crippen LogP contribution in [0.1, 0.15) is 53.3 Å². The third-order valence-electron chi connectivity index (χ3n) is 4.11. The van der Waals surface area contributed by atoms with Crippen LogP contribution in [-0.4, -0.2) is 20.6 Å². The summed E-state index contributed by atoms with van der Waals surface area (Å²) in [5.41, 5.74) is 0.927. The van der Waals surface area contributed by atoms with Crippen LogP contribution in [0.5, 0.6) is 0 Å². The number of rotatable bonds is 5. The normalized spacial score (nSPS) is 11.4. The Kier molecular flexibility index (Phi) is 4.72. The average molecular weight is 356 g/mol. The smallest absolute Gasteiger partial charge is 0.335 e. The number of hydrogen-bond donors (Lipinski definition) is 1. The highest BCUT2D eigenvalue weighted by molar-refractivity contribution is 7.18. The molecule has 3 aromatic rings. The second-order valence-electron chi connectivity index (χ2n) is 6.31. The molecule has 0 bridgehead atoms. The molecule has 0 saturated carbocycles. The Morgan fingerprint density at radius 3 is 2.72 bits per heavy atom. The molecule has 2 aromatic heterocycles. The monoisotopic (exact) mass is 356 g/mol. The van der Waals surface area contributed by atoms with Gasteiger partial charge in [0.15, 0.2) is 0 Å². The van der Waals surface area contributed by atoms with E-state index < -0.39 is 5.97 Å². The van der Waals surface area contributed by atoms with Gasteiger partial charge in [0, 0.05) is 10.8 Å². The molecule has 25 heavy (non-hydrogen) atoms. The van der Waals surface area contributed by atoms with Crippen LogP contribution in [0.15, 0.2) is 35.1 Å². The molecule has 5 nitrogen and oxygen atoms in total. The Hall–Kier alpha value is -2.47. The van der Waals surface area contributed by atoms with Gasteiger partial charge in [0.2, 0.25) is 0 Å². The summed E-state index contributed by atoms with van der Waals surface area (Å²) in [6, 6.07) is 8.60. The van der Waals surface area contributed by atoms with Gasteiger partial charge in [0.1, 0.15) is 10.7 Å². The molecule has 0 aliphatic rings. The highest BCUT2D eigenvalue weighted by atomic mass is 32.1. The SMILES string of the molecule is CCc1cc2c(=O)n(Cc3cccc(C(=O)O)c3)c(C(C)C)nc2s1. The van der Waals surface area contributed by atoms with Crippen molar-refractivity contribution in [1.82, 2.24) is 9.55 Å². The summed E-state index contributed by atoms with van der Waals surface area (Å²) in [6.45, 7) is 6.38. The van der Waals surface area contributed by atoms with Crippen molar-refractivity contribution in [3.63, 3.8) is 0 Å². The summed E-state index contributed by atoms with van der Waals surface area (Å²) >= 11 is 1.56. The molecule has 6 heteroatoms. The molecule has 1 aromatic carbocycles. The van der Waals surface area contributed by atoms with Crippen LogP contribution in [0, 0.1) is 0 Å². The number of benzene rings is 1. The maximum absolute atomic E-state index is 13.0. The molecular weight excluding hydrogens is 336 g/mol. The number of nitrogens with zero attached hydrogens (tertiary/aromatic N) is 2. The summed E-state index contributed by atoms with van der Waals surface area (Å²) in [7, 11) is 0. The predicted molar refractivity (Wildman–Crippen MR) is 99.9 cm³/mol. The number of hydrogen-bond acceptors (Lipinski definition) is 4. The van der Waals surface area contributed by atoms with Crippen molar-refractivity contribution in [3.05, 3.63) is 62.5 Å². The van der Waals surface area contributed by atoms with Crippen molar-refractivity contribution >= 4 is 27.5 Å². The minimum atomic E-state index is -0.975. The Balaban J connectivity index is 2.15. The van der Waals surface area contributed by atoms with E-state index >= 15 is 0 Å². The van der Waals surface area contributed by atoms with Gasteiger partial charge in [-0.25, -0.2) is 9.78 Å². The first-order valence-electron chi connectivity index (χ1n) is 8.26. The lowest BCUT2D eigenvalue weighted by molar-refractivity contribution is 0.0696. The fourth-order valence-electron chi connectivity index (χ4n) is 2.83. The van der Waals surface area contributed by atoms with E-state index in [0.29, 0.717) is 11.9 Å². The van der Waals surface area contributed by atoms with E-state index in [2.05, 4.69) is 6.92 Å². The first kappa shape index (κ1) is 17.4. The number of carboxylic acids is 1. The molecule has 2 heterocycles. The standard InChI is InChI=1S/C19H20N2O3S/c1-4-14-9-15-17(25-14)20-16(11(2)3)21(18(15)22)10-12-6-5-7-13(8-12)19(23)24/h5-9,11H,4,10H2,1-3H3,(H,23,24). The third-order valence-corrected chi connectivity index (χ3v) is 5.28. The molecule has 0 fully saturated rings. The van der Waals surface area contributed by atoms with E-state index in [4.69, 9.17) is 10.1 Å². The molecule has 0 atom stereocenters. The van der Waals surface area contributed by atoms with Gasteiger partial charge in [-0.1, -0.05) is 32.9 Å². The van der Waals surface area contributed by atoms with Crippen LogP contribution >= 0.6 is 11.3 Å². The Labute approximate surface area is 149 Å². The van der Waals surface area contributed by atoms with E-state index in [9.17, 15) is 9.59 Å². The van der Waals surface area contributed by atoms with Crippen LogP contribution in [-0.2, 0) is 13.0 Å². The van der Waals surface area contributed by atoms with Gasteiger partial charge < -0.3 is 5.11 Å². The zero-order chi connectivity index (χ0) is 18.1. The molecule has 130 valence electrons. The molecule has 0 amide bonds. The first-order valence-corrected chi connectivity index (χ1v) is 9.07. The number of fused-ring (bicyclic) bond motifs is 1. The molecular formula is C19H20N2O3S. The van der Waals surface area contributed by atoms with Gasteiger partial charge in [-0.2, -0.15) is 0 Å². The largest absolute Gasteiger partial charge is 0.478 e. The molecule has 0 spiro atoms. The van der Waals surface area contributed by atoms with Crippen molar-refractivity contribution in [1.29, 1.82) is 0 Å². The summed E-state index contributed by atoms with van der Waals surface area (Å²) in [5, 5.41) is 9.80. The van der Waals surface area contributed by atoms with Crippen LogP contribution in [0.4, 0.5) is 0 Å². The topological polar surface area (TPSA) is 72.2 Å². The highest BCUT2D eigenvalue weighted by Gasteiger charge is 2.16. The van der Waals surface area contributed by atoms with E-state index in [1.807, 2.05) is 26.0 Å². The van der Waals surface area contributed by atoms with Gasteiger partial charge >= 0.3 is 5.97 Å². The van der Waals surface area contributed by atoms with Gasteiger partial charge in [0.05, 0.1) is 17.5 Å². The fraction of sp³-hybridized carbons (Fsp3) is 0.316. The average Bonchev–Trinajstić information content (AvgIpc) is 3.01. The summed E-state index contributed by atoms with van der Waals surface area (Å²) in [6.07, 6.45) is 0.873. The van der Waals surface area contributed by atoms with Crippen molar-refractivity contribution in [2.45, 2.75) is 39.7 Å². The van der Waals surface area contributed by atoms with E-state index in [1.165, 1.54) is 0 Å². The zero-order valence-electron chi connectivity index (χ0n) is 14.4. The molecule has 3 rings (SSSR count). The quantitative estimate of drug-likeness (QED) is 0.753. The number of aryl methyl sites for hydroxylation is 1. The lowest BCUT2D eigenvalue weighted by atomic mass is 10.1. The lowest BCUT2D eigenvalue weighted by Gasteiger charge is -2.15. The second-order valence-corrected chi connectivity index (χ2v) is 7.42. The fourth-order valence-corrected chi connectivity index (χ4v) is 3.80. The molecule has 0 saturated heterocycles. The van der Waals surface area contributed by atoms with E-state index in [1.54, 1.807) is 34.1 Å². The molecule has 1 N–H and O–H groups in total. The summed E-state index contributed by atoms with van der Waals surface area (Å²) in [4.78, 5) is 30.8. The molecule has 0 radical (unpaired) electrons. The second kappa shape index (κ2) is 6.80. The van der Waals surface area contributed by atoms with Crippen molar-refractivity contribution in [2.24, 2.45) is 0 Å². The molecule has 0 aliphatic carbocycles. The van der Waals surface area contributed by atoms with Crippen molar-refractivity contribution < 1.29 is 9.90 Å². The number of carboxylic acid groups (broad SMARTS) is 1. The Morgan fingerprint density at radius 2 is 2.08 bits per heavy atom. The number of aromatic nitrogens is 2. The van der Waals surface area contributed by atoms with Gasteiger partial charge in [-0.15, -0.1) is 11.3 Å². The highest BCUT2D eigenvalue weighted by Crippen LogP contribution is 2.24. The first-order chi connectivity index (χ1) is 11.9. The van der Waals surface area contributed by atoms with Gasteiger partial charge in [-0.05, 0) is 30.2 Å². The number of thiophene rings is 1. The lowest BCUT2D eigenvalue weighted by Crippen LogP contribution is -2.26. The van der Waals surface area contributed by atoms with E-state index in [-0.39, 0.29) is 17.0 Å². The van der Waals surface area contributed by atoms with E-state index in [0.717, 1.165) is 27.5 Å². The van der Waals surface area contributed by atoms with Crippen LogP contribution < -0.4 is 5.56 Å². The van der Waals surface area contributed by atoms with Crippen molar-refractivity contribution in [3.8, 4) is 0 Å². The predicted octanol–water partition coefficient (Wildman–Crippen LogP) is 3.89. The van der Waals surface area contributed by atoms with Crippen molar-refractivity contribution in [2.75, 3.05) is 0 Å². The van der Waals surface area contributed by atoms with Crippen LogP contribution in [0.25, 0.3) is 10.2 Å². The number of aromatic carboxylic acids is 1. The van der Waals surface area contributed by atoms with Crippen LogP contribution in [0.2, 0.25) is 0 Å². The maximum Gasteiger partial charge on any atom is 0.335 e. The third kappa shape index (κ3) is 3.35. The minimum absolute atomic E-state index is 0.0645. The van der Waals surface area contributed by atoms with Gasteiger partial charge in [0.25, 0.3) is 5.56 Å². The number of carbonyl (C=O) groups is 1. The Morgan fingerprint density at radius 1 is 1.32 bits per heavy atom. The summed E-state index contributed by atoms with van der Waals surface area (Å²) < 4.78 is 1.67. The molecule has 0 unspecified atom stereocenters. The minimum Gasteiger partial charge on any atom is -0.478 e. The van der Waals surface area contributed by atoms with Crippen LogP contribution in [0.3, 0.4) is 0 Å². The molecule has 0 aliphatic heterocycles. The van der Waals surface area contributed by atoms with Gasteiger partial charge in [-0.3, -0.25) is 9.36 Å². The zero-order valence-corrected chi connectivity index (χ0v) is 15.3. The summed E-state index contributed by atoms with van der Waals surface area (Å²) in [5.74, 6) is -0.160. The Bertz CT molecular complexity index is 1000.